The number of ketones is 1. The first-order valence-corrected chi connectivity index (χ1v) is 5.31. The Morgan fingerprint density at radius 3 is 1.83 bits per heavy atom. The van der Waals surface area contributed by atoms with Gasteiger partial charge in [0.05, 0.1) is 4.32 Å². The van der Waals surface area contributed by atoms with Crippen LogP contribution in [0.2, 0.25) is 0 Å². The minimum absolute atomic E-state index is 0.200. The van der Waals surface area contributed by atoms with Gasteiger partial charge in [0.1, 0.15) is 0 Å². The SMILES string of the molecule is CCC(C)(C)C(=O)C(C)(Br)CC. The minimum Gasteiger partial charge on any atom is -0.298 e. The number of rotatable bonds is 4. The van der Waals surface area contributed by atoms with Gasteiger partial charge in [-0.25, -0.2) is 0 Å². The van der Waals surface area contributed by atoms with Gasteiger partial charge in [0.2, 0.25) is 0 Å². The molecule has 0 amide bonds. The van der Waals surface area contributed by atoms with Gasteiger partial charge in [-0.2, -0.15) is 0 Å². The zero-order valence-electron chi connectivity index (χ0n) is 8.70. The Bertz CT molecular complexity index is 153. The summed E-state index contributed by atoms with van der Waals surface area (Å²) in [5, 5.41) is 0. The molecule has 0 radical (unpaired) electrons. The number of hydrogen-bond acceptors (Lipinski definition) is 1. The number of carbonyl (C=O) groups is 1. The van der Waals surface area contributed by atoms with Gasteiger partial charge < -0.3 is 0 Å². The Morgan fingerprint density at radius 1 is 1.17 bits per heavy atom. The van der Waals surface area contributed by atoms with Gasteiger partial charge in [0, 0.05) is 5.41 Å². The van der Waals surface area contributed by atoms with Gasteiger partial charge in [-0.1, -0.05) is 43.6 Å². The van der Waals surface area contributed by atoms with Crippen LogP contribution in [0, 0.1) is 5.41 Å². The van der Waals surface area contributed by atoms with E-state index in [1.54, 1.807) is 0 Å². The molecule has 0 saturated carbocycles. The van der Waals surface area contributed by atoms with Crippen molar-refractivity contribution in [2.75, 3.05) is 0 Å². The van der Waals surface area contributed by atoms with Gasteiger partial charge >= 0.3 is 0 Å². The molecule has 0 fully saturated rings. The molecule has 0 aromatic carbocycles. The molecule has 0 aromatic heterocycles. The first-order valence-electron chi connectivity index (χ1n) is 4.51. The summed E-state index contributed by atoms with van der Waals surface area (Å²) in [6, 6.07) is 0. The van der Waals surface area contributed by atoms with E-state index >= 15 is 0 Å². The first kappa shape index (κ1) is 12.2. The molecule has 0 aliphatic rings. The molecule has 0 spiro atoms. The van der Waals surface area contributed by atoms with Crippen LogP contribution in [0.5, 0.6) is 0 Å². The third-order valence-electron chi connectivity index (χ3n) is 2.64. The zero-order chi connectivity index (χ0) is 9.99. The molecule has 0 heterocycles. The molecule has 0 rings (SSSR count). The summed E-state index contributed by atoms with van der Waals surface area (Å²) in [5.74, 6) is 0.306. The normalized spacial score (nSPS) is 17.2. The Morgan fingerprint density at radius 2 is 1.58 bits per heavy atom. The van der Waals surface area contributed by atoms with Crippen LogP contribution in [0.3, 0.4) is 0 Å². The number of halogens is 1. The molecule has 12 heavy (non-hydrogen) atoms. The van der Waals surface area contributed by atoms with Crippen molar-refractivity contribution in [2.45, 2.75) is 51.8 Å². The van der Waals surface area contributed by atoms with E-state index in [1.165, 1.54) is 0 Å². The minimum atomic E-state index is -0.341. The van der Waals surface area contributed by atoms with E-state index in [2.05, 4.69) is 22.9 Å². The van der Waals surface area contributed by atoms with E-state index in [0.29, 0.717) is 5.78 Å². The fourth-order valence-electron chi connectivity index (χ4n) is 1.03. The summed E-state index contributed by atoms with van der Waals surface area (Å²) in [5.41, 5.74) is -0.200. The topological polar surface area (TPSA) is 17.1 Å². The molecular weight excluding hydrogens is 216 g/mol. The maximum absolute atomic E-state index is 11.9. The molecule has 0 N–H and O–H groups in total. The van der Waals surface area contributed by atoms with Gasteiger partial charge in [-0.05, 0) is 19.8 Å². The van der Waals surface area contributed by atoms with E-state index < -0.39 is 0 Å². The van der Waals surface area contributed by atoms with Crippen molar-refractivity contribution in [3.63, 3.8) is 0 Å². The highest BCUT2D eigenvalue weighted by Crippen LogP contribution is 2.34. The lowest BCUT2D eigenvalue weighted by Crippen LogP contribution is -2.38. The summed E-state index contributed by atoms with van der Waals surface area (Å²) < 4.78 is -0.341. The molecule has 0 saturated heterocycles. The van der Waals surface area contributed by atoms with Crippen molar-refractivity contribution in [1.82, 2.24) is 0 Å². The molecule has 72 valence electrons. The average molecular weight is 235 g/mol. The lowest BCUT2D eigenvalue weighted by Gasteiger charge is -2.30. The zero-order valence-corrected chi connectivity index (χ0v) is 10.3. The molecule has 0 aliphatic carbocycles. The van der Waals surface area contributed by atoms with Gasteiger partial charge in [0.25, 0.3) is 0 Å². The Labute approximate surface area is 84.1 Å². The van der Waals surface area contributed by atoms with E-state index in [0.717, 1.165) is 12.8 Å². The average Bonchev–Trinajstić information content (AvgIpc) is 2.03. The van der Waals surface area contributed by atoms with Crippen LogP contribution in [-0.2, 0) is 4.79 Å². The van der Waals surface area contributed by atoms with Crippen LogP contribution in [0.1, 0.15) is 47.5 Å². The molecule has 0 aromatic rings. The maximum atomic E-state index is 11.9. The van der Waals surface area contributed by atoms with Crippen molar-refractivity contribution < 1.29 is 4.79 Å². The van der Waals surface area contributed by atoms with Gasteiger partial charge in [-0.15, -0.1) is 0 Å². The Balaban J connectivity index is 4.60. The molecular formula is C10H19BrO. The predicted octanol–water partition coefficient (Wildman–Crippen LogP) is 3.56. The number of hydrogen-bond donors (Lipinski definition) is 0. The summed E-state index contributed by atoms with van der Waals surface area (Å²) in [6.07, 6.45) is 1.74. The quantitative estimate of drug-likeness (QED) is 0.681. The third-order valence-corrected chi connectivity index (χ3v) is 3.56. The largest absolute Gasteiger partial charge is 0.298 e. The second kappa shape index (κ2) is 3.91. The summed E-state index contributed by atoms with van der Waals surface area (Å²) in [6.45, 7) is 10.0. The van der Waals surface area contributed by atoms with Crippen molar-refractivity contribution in [1.29, 1.82) is 0 Å². The summed E-state index contributed by atoms with van der Waals surface area (Å²) in [4.78, 5) is 11.9. The smallest absolute Gasteiger partial charge is 0.154 e. The van der Waals surface area contributed by atoms with E-state index in [9.17, 15) is 4.79 Å². The lowest BCUT2D eigenvalue weighted by atomic mass is 9.79. The van der Waals surface area contributed by atoms with Crippen molar-refractivity contribution in [3.8, 4) is 0 Å². The molecule has 1 nitrogen and oxygen atoms in total. The lowest BCUT2D eigenvalue weighted by molar-refractivity contribution is -0.129. The number of alkyl halides is 1. The van der Waals surface area contributed by atoms with Crippen LogP contribution in [-0.4, -0.2) is 10.1 Å². The van der Waals surface area contributed by atoms with E-state index in [1.807, 2.05) is 27.7 Å². The second-order valence-corrected chi connectivity index (χ2v) is 5.87. The Hall–Kier alpha value is 0.150. The van der Waals surface area contributed by atoms with Crippen LogP contribution in [0.15, 0.2) is 0 Å². The molecule has 1 unspecified atom stereocenters. The van der Waals surface area contributed by atoms with Crippen molar-refractivity contribution in [3.05, 3.63) is 0 Å². The van der Waals surface area contributed by atoms with Crippen LogP contribution in [0.4, 0.5) is 0 Å². The highest BCUT2D eigenvalue weighted by molar-refractivity contribution is 9.10. The van der Waals surface area contributed by atoms with E-state index in [4.69, 9.17) is 0 Å². The standard InChI is InChI=1S/C10H19BrO/c1-6-9(3,4)8(12)10(5,11)7-2/h6-7H2,1-5H3. The Kier molecular flexibility index (Phi) is 3.95. The van der Waals surface area contributed by atoms with Gasteiger partial charge in [-0.3, -0.25) is 4.79 Å². The summed E-state index contributed by atoms with van der Waals surface area (Å²) >= 11 is 3.47. The predicted molar refractivity (Wildman–Crippen MR) is 56.7 cm³/mol. The molecule has 0 bridgehead atoms. The van der Waals surface area contributed by atoms with Crippen LogP contribution in [0.25, 0.3) is 0 Å². The van der Waals surface area contributed by atoms with Gasteiger partial charge in [0.15, 0.2) is 5.78 Å². The monoisotopic (exact) mass is 234 g/mol. The molecule has 1 atom stereocenters. The third kappa shape index (κ3) is 2.58. The first-order chi connectivity index (χ1) is 5.28. The fraction of sp³-hybridized carbons (Fsp3) is 0.900. The van der Waals surface area contributed by atoms with Crippen LogP contribution < -0.4 is 0 Å². The summed E-state index contributed by atoms with van der Waals surface area (Å²) in [7, 11) is 0. The molecule has 2 heteroatoms. The maximum Gasteiger partial charge on any atom is 0.154 e. The number of carbonyl (C=O) groups excluding carboxylic acids is 1. The van der Waals surface area contributed by atoms with E-state index in [-0.39, 0.29) is 9.74 Å². The fourth-order valence-corrected chi connectivity index (χ4v) is 1.56. The van der Waals surface area contributed by atoms with Crippen molar-refractivity contribution in [2.24, 2.45) is 5.41 Å². The highest BCUT2D eigenvalue weighted by atomic mass is 79.9. The van der Waals surface area contributed by atoms with Crippen LogP contribution >= 0.6 is 15.9 Å². The highest BCUT2D eigenvalue weighted by Gasteiger charge is 2.37. The number of Topliss-reactive ketones (excluding diaryl/α,β-unsaturated/α-hetero) is 1. The second-order valence-electron chi connectivity index (χ2n) is 4.12. The van der Waals surface area contributed by atoms with Crippen molar-refractivity contribution >= 4 is 21.7 Å². The molecule has 0 aliphatic heterocycles.